The number of nitrogens with one attached hydrogen (secondary N) is 2. The number of hydrogen-bond donors (Lipinski definition) is 3. The number of thiophene rings is 1. The first kappa shape index (κ1) is 14.0. The van der Waals surface area contributed by atoms with E-state index in [1.807, 2.05) is 24.3 Å². The van der Waals surface area contributed by atoms with Gasteiger partial charge in [0.15, 0.2) is 0 Å². The van der Waals surface area contributed by atoms with Gasteiger partial charge in [-0.15, -0.1) is 11.3 Å². The molecule has 4 N–H and O–H groups in total. The zero-order chi connectivity index (χ0) is 15.8. The third-order valence-corrected chi connectivity index (χ3v) is 5.11. The van der Waals surface area contributed by atoms with Crippen molar-refractivity contribution in [3.8, 4) is 10.4 Å². The van der Waals surface area contributed by atoms with Crippen LogP contribution in [0.25, 0.3) is 20.5 Å². The number of fused-ring (bicyclic) bond motifs is 1. The molecule has 1 aliphatic rings. The van der Waals surface area contributed by atoms with Crippen LogP contribution in [-0.2, 0) is 0 Å². The van der Waals surface area contributed by atoms with Gasteiger partial charge in [0, 0.05) is 27.2 Å². The van der Waals surface area contributed by atoms with Gasteiger partial charge in [0.05, 0.1) is 6.54 Å². The number of aliphatic imine (C=N–C) groups is 1. The summed E-state index contributed by atoms with van der Waals surface area (Å²) in [5.41, 5.74) is 8.55. The van der Waals surface area contributed by atoms with Gasteiger partial charge in [0.25, 0.3) is 0 Å². The Labute approximate surface area is 138 Å². The maximum atomic E-state index is 7.47. The number of nitrogens with two attached hydrogens (primary N) is 1. The van der Waals surface area contributed by atoms with Crippen LogP contribution >= 0.6 is 11.3 Å². The lowest BCUT2D eigenvalue weighted by atomic mass is 10.1. The van der Waals surface area contributed by atoms with Gasteiger partial charge in [-0.3, -0.25) is 10.4 Å². The Bertz CT molecular complexity index is 922. The van der Waals surface area contributed by atoms with E-state index in [0.717, 1.165) is 35.6 Å². The van der Waals surface area contributed by atoms with E-state index in [2.05, 4.69) is 34.6 Å². The summed E-state index contributed by atoms with van der Waals surface area (Å²) in [5, 5.41) is 12.0. The molecular weight excluding hydrogens is 304 g/mol. The SMILES string of the molecule is N=C(N)c1ccc(-c2cc3cc(C4=NCCN4)ccc3s2)cc1. The van der Waals surface area contributed by atoms with Crippen LogP contribution in [0.3, 0.4) is 0 Å². The zero-order valence-corrected chi connectivity index (χ0v) is 13.3. The summed E-state index contributed by atoms with van der Waals surface area (Å²) in [6, 6.07) is 16.5. The lowest BCUT2D eigenvalue weighted by molar-refractivity contribution is 0.960. The molecule has 0 aliphatic carbocycles. The quantitative estimate of drug-likeness (QED) is 0.512. The minimum atomic E-state index is 0.0994. The summed E-state index contributed by atoms with van der Waals surface area (Å²) in [5.74, 6) is 1.09. The van der Waals surface area contributed by atoms with Crippen molar-refractivity contribution in [1.29, 1.82) is 5.41 Å². The standard InChI is InChI=1S/C18H16N4S/c19-17(20)12-3-1-11(2-4-12)16-10-14-9-13(5-6-15(14)23-16)18-21-7-8-22-18/h1-6,9-10H,7-8H2,(H3,19,20)(H,21,22). The molecule has 3 aromatic rings. The van der Waals surface area contributed by atoms with Crippen molar-refractivity contribution < 1.29 is 0 Å². The summed E-state index contributed by atoms with van der Waals surface area (Å²) in [6.07, 6.45) is 0. The predicted molar refractivity (Wildman–Crippen MR) is 97.7 cm³/mol. The molecule has 0 amide bonds. The summed E-state index contributed by atoms with van der Waals surface area (Å²) >= 11 is 1.77. The number of nitrogen functional groups attached to an aromatic ring is 1. The lowest BCUT2D eigenvalue weighted by Gasteiger charge is -2.01. The van der Waals surface area contributed by atoms with Crippen LogP contribution in [0.15, 0.2) is 53.5 Å². The number of nitrogens with zero attached hydrogens (tertiary/aromatic N) is 1. The Morgan fingerprint density at radius 2 is 1.87 bits per heavy atom. The average molecular weight is 320 g/mol. The fourth-order valence-corrected chi connectivity index (χ4v) is 3.79. The van der Waals surface area contributed by atoms with Crippen molar-refractivity contribution in [1.82, 2.24) is 5.32 Å². The van der Waals surface area contributed by atoms with E-state index < -0.39 is 0 Å². The molecule has 1 aromatic heterocycles. The smallest absolute Gasteiger partial charge is 0.128 e. The second-order valence-electron chi connectivity index (χ2n) is 5.51. The molecule has 5 heteroatoms. The molecule has 4 rings (SSSR count). The van der Waals surface area contributed by atoms with E-state index in [9.17, 15) is 0 Å². The van der Waals surface area contributed by atoms with Crippen LogP contribution < -0.4 is 11.1 Å². The van der Waals surface area contributed by atoms with Crippen molar-refractivity contribution in [2.75, 3.05) is 13.1 Å². The van der Waals surface area contributed by atoms with Gasteiger partial charge < -0.3 is 11.1 Å². The Balaban J connectivity index is 1.72. The highest BCUT2D eigenvalue weighted by molar-refractivity contribution is 7.22. The van der Waals surface area contributed by atoms with Gasteiger partial charge in [-0.25, -0.2) is 0 Å². The van der Waals surface area contributed by atoms with Gasteiger partial charge in [-0.1, -0.05) is 24.3 Å². The monoisotopic (exact) mass is 320 g/mol. The summed E-state index contributed by atoms with van der Waals surface area (Å²) in [7, 11) is 0. The summed E-state index contributed by atoms with van der Waals surface area (Å²) in [4.78, 5) is 5.70. The zero-order valence-electron chi connectivity index (χ0n) is 12.5. The molecule has 114 valence electrons. The fourth-order valence-electron chi connectivity index (χ4n) is 2.74. The van der Waals surface area contributed by atoms with Crippen molar-refractivity contribution >= 4 is 33.1 Å². The maximum Gasteiger partial charge on any atom is 0.128 e. The summed E-state index contributed by atoms with van der Waals surface area (Å²) < 4.78 is 1.26. The molecule has 0 atom stereocenters. The van der Waals surface area contributed by atoms with Crippen LogP contribution in [0.1, 0.15) is 11.1 Å². The van der Waals surface area contributed by atoms with Crippen molar-refractivity contribution in [3.05, 3.63) is 59.7 Å². The topological polar surface area (TPSA) is 74.3 Å². The van der Waals surface area contributed by atoms with Gasteiger partial charge in [0.1, 0.15) is 11.7 Å². The Morgan fingerprint density at radius 1 is 1.09 bits per heavy atom. The third kappa shape index (κ3) is 2.59. The third-order valence-electron chi connectivity index (χ3n) is 3.94. The van der Waals surface area contributed by atoms with Crippen molar-refractivity contribution in [2.45, 2.75) is 0 Å². The average Bonchev–Trinajstić information content (AvgIpc) is 3.23. The molecule has 23 heavy (non-hydrogen) atoms. The molecule has 0 fully saturated rings. The van der Waals surface area contributed by atoms with Gasteiger partial charge in [-0.2, -0.15) is 0 Å². The van der Waals surface area contributed by atoms with Crippen LogP contribution in [0.5, 0.6) is 0 Å². The minimum absolute atomic E-state index is 0.0994. The molecule has 4 nitrogen and oxygen atoms in total. The predicted octanol–water partition coefficient (Wildman–Crippen LogP) is 3.20. The Kier molecular flexibility index (Phi) is 3.35. The maximum absolute atomic E-state index is 7.47. The van der Waals surface area contributed by atoms with E-state index in [1.54, 1.807) is 11.3 Å². The van der Waals surface area contributed by atoms with E-state index in [4.69, 9.17) is 11.1 Å². The van der Waals surface area contributed by atoms with Crippen LogP contribution in [0, 0.1) is 5.41 Å². The van der Waals surface area contributed by atoms with Crippen molar-refractivity contribution in [2.24, 2.45) is 10.7 Å². The van der Waals surface area contributed by atoms with E-state index in [0.29, 0.717) is 0 Å². The summed E-state index contributed by atoms with van der Waals surface area (Å²) in [6.45, 7) is 1.77. The van der Waals surface area contributed by atoms with Crippen LogP contribution in [0.2, 0.25) is 0 Å². The number of benzene rings is 2. The largest absolute Gasteiger partial charge is 0.384 e. The molecule has 0 spiro atoms. The van der Waals surface area contributed by atoms with Gasteiger partial charge in [0.2, 0.25) is 0 Å². The first-order valence-electron chi connectivity index (χ1n) is 7.48. The molecule has 2 heterocycles. The second kappa shape index (κ2) is 5.52. The van der Waals surface area contributed by atoms with Crippen LogP contribution in [0.4, 0.5) is 0 Å². The Hall–Kier alpha value is -2.66. The lowest BCUT2D eigenvalue weighted by Crippen LogP contribution is -2.19. The van der Waals surface area contributed by atoms with Crippen LogP contribution in [-0.4, -0.2) is 24.8 Å². The second-order valence-corrected chi connectivity index (χ2v) is 6.60. The first-order chi connectivity index (χ1) is 11.2. The minimum Gasteiger partial charge on any atom is -0.384 e. The van der Waals surface area contributed by atoms with E-state index in [-0.39, 0.29) is 5.84 Å². The molecule has 1 aliphatic heterocycles. The van der Waals surface area contributed by atoms with Gasteiger partial charge >= 0.3 is 0 Å². The highest BCUT2D eigenvalue weighted by Crippen LogP contribution is 2.34. The molecule has 0 unspecified atom stereocenters. The first-order valence-corrected chi connectivity index (χ1v) is 8.29. The fraction of sp³-hybridized carbons (Fsp3) is 0.111. The molecule has 0 saturated carbocycles. The normalized spacial score (nSPS) is 13.8. The highest BCUT2D eigenvalue weighted by atomic mass is 32.1. The van der Waals surface area contributed by atoms with E-state index >= 15 is 0 Å². The number of rotatable bonds is 3. The molecule has 0 bridgehead atoms. The Morgan fingerprint density at radius 3 is 2.57 bits per heavy atom. The number of hydrogen-bond acceptors (Lipinski definition) is 4. The molecule has 0 saturated heterocycles. The molecule has 0 radical (unpaired) electrons. The van der Waals surface area contributed by atoms with Crippen molar-refractivity contribution in [3.63, 3.8) is 0 Å². The van der Waals surface area contributed by atoms with Gasteiger partial charge in [-0.05, 0) is 35.2 Å². The van der Waals surface area contributed by atoms with E-state index in [1.165, 1.54) is 15.0 Å². The highest BCUT2D eigenvalue weighted by Gasteiger charge is 2.10. The molecule has 2 aromatic carbocycles. The number of amidine groups is 2. The molecular formula is C18H16N4S.